The normalized spacial score (nSPS) is 13.8. The van der Waals surface area contributed by atoms with Crippen LogP contribution in [0.5, 0.6) is 5.75 Å². The van der Waals surface area contributed by atoms with Gasteiger partial charge in [0.05, 0.1) is 12.7 Å². The molecule has 13 heavy (non-hydrogen) atoms. The van der Waals surface area contributed by atoms with Gasteiger partial charge in [0.15, 0.2) is 0 Å². The van der Waals surface area contributed by atoms with E-state index in [4.69, 9.17) is 9.47 Å². The molecule has 0 aliphatic carbocycles. The molecule has 0 bridgehead atoms. The molecule has 2 rings (SSSR count). The third-order valence-corrected chi connectivity index (χ3v) is 2.25. The zero-order valence-corrected chi connectivity index (χ0v) is 7.59. The Kier molecular flexibility index (Phi) is 1.72. The molecule has 3 heteroatoms. The summed E-state index contributed by atoms with van der Waals surface area (Å²) in [6.45, 7) is 2.23. The van der Waals surface area contributed by atoms with Gasteiger partial charge in [0.25, 0.3) is 0 Å². The average molecular weight is 178 g/mol. The van der Waals surface area contributed by atoms with Crippen LogP contribution < -0.4 is 4.74 Å². The van der Waals surface area contributed by atoms with Gasteiger partial charge in [0.1, 0.15) is 12.4 Å². The van der Waals surface area contributed by atoms with Crippen LogP contribution >= 0.6 is 0 Å². The SMILES string of the molecule is COc1ccc(C)c2c1COC2=O. The molecule has 3 nitrogen and oxygen atoms in total. The summed E-state index contributed by atoms with van der Waals surface area (Å²) in [6, 6.07) is 3.72. The quantitative estimate of drug-likeness (QED) is 0.613. The number of hydrogen-bond acceptors (Lipinski definition) is 3. The number of esters is 1. The van der Waals surface area contributed by atoms with Gasteiger partial charge in [-0.3, -0.25) is 0 Å². The van der Waals surface area contributed by atoms with Crippen molar-refractivity contribution in [2.24, 2.45) is 0 Å². The third kappa shape index (κ3) is 1.08. The summed E-state index contributed by atoms with van der Waals surface area (Å²) in [5.74, 6) is 0.484. The summed E-state index contributed by atoms with van der Waals surface area (Å²) in [6.07, 6.45) is 0. The number of rotatable bonds is 1. The molecule has 0 saturated carbocycles. The number of methoxy groups -OCH3 is 1. The number of cyclic esters (lactones) is 1. The fourth-order valence-electron chi connectivity index (χ4n) is 1.57. The van der Waals surface area contributed by atoms with Gasteiger partial charge in [0, 0.05) is 5.56 Å². The molecule has 1 aliphatic rings. The fourth-order valence-corrected chi connectivity index (χ4v) is 1.57. The Labute approximate surface area is 76.3 Å². The first-order valence-electron chi connectivity index (χ1n) is 4.07. The van der Waals surface area contributed by atoms with Crippen molar-refractivity contribution in [1.29, 1.82) is 0 Å². The minimum absolute atomic E-state index is 0.244. The van der Waals surface area contributed by atoms with E-state index in [-0.39, 0.29) is 5.97 Å². The highest BCUT2D eigenvalue weighted by Crippen LogP contribution is 2.31. The Balaban J connectivity index is 2.65. The Hall–Kier alpha value is -1.51. The minimum Gasteiger partial charge on any atom is -0.496 e. The predicted molar refractivity (Wildman–Crippen MR) is 46.9 cm³/mol. The molecule has 1 aromatic rings. The lowest BCUT2D eigenvalue weighted by Gasteiger charge is -2.05. The maximum absolute atomic E-state index is 11.3. The van der Waals surface area contributed by atoms with Crippen LogP contribution in [-0.4, -0.2) is 13.1 Å². The summed E-state index contributed by atoms with van der Waals surface area (Å²) in [4.78, 5) is 11.3. The van der Waals surface area contributed by atoms with E-state index in [9.17, 15) is 4.79 Å². The van der Waals surface area contributed by atoms with Crippen molar-refractivity contribution in [3.05, 3.63) is 28.8 Å². The smallest absolute Gasteiger partial charge is 0.339 e. The summed E-state index contributed by atoms with van der Waals surface area (Å²) >= 11 is 0. The number of carbonyl (C=O) groups excluding carboxylic acids is 1. The second kappa shape index (κ2) is 2.76. The molecule has 0 atom stereocenters. The highest BCUT2D eigenvalue weighted by Gasteiger charge is 2.26. The van der Waals surface area contributed by atoms with E-state index in [2.05, 4.69) is 0 Å². The fraction of sp³-hybridized carbons (Fsp3) is 0.300. The molecule has 0 saturated heterocycles. The van der Waals surface area contributed by atoms with Crippen LogP contribution in [0.25, 0.3) is 0 Å². The number of benzene rings is 1. The molecule has 0 N–H and O–H groups in total. The Morgan fingerprint density at radius 3 is 2.92 bits per heavy atom. The molecular weight excluding hydrogens is 168 g/mol. The zero-order chi connectivity index (χ0) is 9.42. The van der Waals surface area contributed by atoms with Gasteiger partial charge in [0.2, 0.25) is 0 Å². The van der Waals surface area contributed by atoms with Gasteiger partial charge in [-0.2, -0.15) is 0 Å². The zero-order valence-electron chi connectivity index (χ0n) is 7.59. The van der Waals surface area contributed by atoms with E-state index >= 15 is 0 Å². The largest absolute Gasteiger partial charge is 0.496 e. The lowest BCUT2D eigenvalue weighted by molar-refractivity contribution is 0.0534. The minimum atomic E-state index is -0.244. The van der Waals surface area contributed by atoms with Crippen molar-refractivity contribution in [1.82, 2.24) is 0 Å². The van der Waals surface area contributed by atoms with E-state index in [0.717, 1.165) is 16.9 Å². The molecule has 0 amide bonds. The second-order valence-electron chi connectivity index (χ2n) is 3.01. The van der Waals surface area contributed by atoms with Crippen LogP contribution in [-0.2, 0) is 11.3 Å². The standard InChI is InChI=1S/C10H10O3/c1-6-3-4-8(12-2)7-5-13-10(11)9(6)7/h3-4H,5H2,1-2H3. The van der Waals surface area contributed by atoms with Gasteiger partial charge in [-0.25, -0.2) is 4.79 Å². The van der Waals surface area contributed by atoms with E-state index in [1.54, 1.807) is 7.11 Å². The van der Waals surface area contributed by atoms with Gasteiger partial charge < -0.3 is 9.47 Å². The first-order chi connectivity index (χ1) is 6.24. The van der Waals surface area contributed by atoms with Crippen molar-refractivity contribution in [2.75, 3.05) is 7.11 Å². The second-order valence-corrected chi connectivity index (χ2v) is 3.01. The molecular formula is C10H10O3. The Bertz CT molecular complexity index is 369. The van der Waals surface area contributed by atoms with E-state index in [0.29, 0.717) is 12.2 Å². The summed E-state index contributed by atoms with van der Waals surface area (Å²) < 4.78 is 10.1. The van der Waals surface area contributed by atoms with Crippen LogP contribution in [0.4, 0.5) is 0 Å². The number of fused-ring (bicyclic) bond motifs is 1. The van der Waals surface area contributed by atoms with Gasteiger partial charge in [-0.1, -0.05) is 6.07 Å². The summed E-state index contributed by atoms with van der Waals surface area (Å²) in [5, 5.41) is 0. The van der Waals surface area contributed by atoms with E-state index < -0.39 is 0 Å². The molecule has 68 valence electrons. The Morgan fingerprint density at radius 1 is 1.46 bits per heavy atom. The van der Waals surface area contributed by atoms with Crippen LogP contribution in [0.1, 0.15) is 21.5 Å². The van der Waals surface area contributed by atoms with Crippen molar-refractivity contribution in [2.45, 2.75) is 13.5 Å². The van der Waals surface area contributed by atoms with Gasteiger partial charge in [-0.15, -0.1) is 0 Å². The van der Waals surface area contributed by atoms with E-state index in [1.165, 1.54) is 0 Å². The summed E-state index contributed by atoms with van der Waals surface area (Å²) in [7, 11) is 1.59. The molecule has 1 aromatic carbocycles. The lowest BCUT2D eigenvalue weighted by atomic mass is 10.0. The van der Waals surface area contributed by atoms with Crippen molar-refractivity contribution in [3.8, 4) is 5.75 Å². The van der Waals surface area contributed by atoms with Crippen LogP contribution in [0.3, 0.4) is 0 Å². The maximum Gasteiger partial charge on any atom is 0.339 e. The average Bonchev–Trinajstić information content (AvgIpc) is 2.50. The highest BCUT2D eigenvalue weighted by molar-refractivity contribution is 5.95. The third-order valence-electron chi connectivity index (χ3n) is 2.25. The highest BCUT2D eigenvalue weighted by atomic mass is 16.5. The van der Waals surface area contributed by atoms with Crippen LogP contribution in [0.15, 0.2) is 12.1 Å². The number of aryl methyl sites for hydroxylation is 1. The Morgan fingerprint density at radius 2 is 2.23 bits per heavy atom. The van der Waals surface area contributed by atoms with Crippen molar-refractivity contribution < 1.29 is 14.3 Å². The lowest BCUT2D eigenvalue weighted by Crippen LogP contribution is -1.98. The molecule has 1 aliphatic heterocycles. The number of hydrogen-bond donors (Lipinski definition) is 0. The van der Waals surface area contributed by atoms with Crippen LogP contribution in [0.2, 0.25) is 0 Å². The van der Waals surface area contributed by atoms with Gasteiger partial charge >= 0.3 is 5.97 Å². The topological polar surface area (TPSA) is 35.5 Å². The molecule has 0 unspecified atom stereocenters. The van der Waals surface area contributed by atoms with Gasteiger partial charge in [-0.05, 0) is 18.6 Å². The molecule has 0 spiro atoms. The number of carbonyl (C=O) groups is 1. The first-order valence-corrected chi connectivity index (χ1v) is 4.07. The molecule has 0 radical (unpaired) electrons. The molecule has 1 heterocycles. The first kappa shape index (κ1) is 8.10. The monoisotopic (exact) mass is 178 g/mol. The maximum atomic E-state index is 11.3. The molecule has 0 fully saturated rings. The van der Waals surface area contributed by atoms with Crippen LogP contribution in [0, 0.1) is 6.92 Å². The number of ether oxygens (including phenoxy) is 2. The molecule has 0 aromatic heterocycles. The van der Waals surface area contributed by atoms with Crippen molar-refractivity contribution >= 4 is 5.97 Å². The van der Waals surface area contributed by atoms with Crippen molar-refractivity contribution in [3.63, 3.8) is 0 Å². The van der Waals surface area contributed by atoms with E-state index in [1.807, 2.05) is 19.1 Å². The summed E-state index contributed by atoms with van der Waals surface area (Å²) in [5.41, 5.74) is 2.48. The predicted octanol–water partition coefficient (Wildman–Crippen LogP) is 1.67.